The van der Waals surface area contributed by atoms with E-state index in [1.54, 1.807) is 4.31 Å². The van der Waals surface area contributed by atoms with E-state index in [1.807, 2.05) is 0 Å². The summed E-state index contributed by atoms with van der Waals surface area (Å²) in [6.45, 7) is 3.32. The van der Waals surface area contributed by atoms with Crippen LogP contribution in [0.5, 0.6) is 0 Å². The van der Waals surface area contributed by atoms with Crippen LogP contribution in [0.25, 0.3) is 0 Å². The van der Waals surface area contributed by atoms with Gasteiger partial charge in [-0.3, -0.25) is 0 Å². The average Bonchev–Trinajstić information content (AvgIpc) is 2.92. The molecule has 2 aliphatic rings. The predicted octanol–water partition coefficient (Wildman–Crippen LogP) is 1.71. The van der Waals surface area contributed by atoms with E-state index in [9.17, 15) is 8.42 Å². The molecule has 2 N–H and O–H groups in total. The minimum absolute atomic E-state index is 0.0364. The molecule has 106 valence electrons. The molecule has 2 fully saturated rings. The first kappa shape index (κ1) is 14.3. The van der Waals surface area contributed by atoms with Crippen LogP contribution >= 0.6 is 0 Å². The van der Waals surface area contributed by atoms with Gasteiger partial charge in [-0.2, -0.15) is 4.31 Å². The topological polar surface area (TPSA) is 63.4 Å². The SMILES string of the molecule is CCC1CCN(S(=O)(=O)C2CCCC2)C(CN)C1. The summed E-state index contributed by atoms with van der Waals surface area (Å²) in [6.07, 6.45) is 6.87. The number of piperidine rings is 1. The van der Waals surface area contributed by atoms with E-state index in [1.165, 1.54) is 0 Å². The summed E-state index contributed by atoms with van der Waals surface area (Å²) in [5.74, 6) is 0.647. The lowest BCUT2D eigenvalue weighted by Gasteiger charge is -2.39. The fourth-order valence-corrected chi connectivity index (χ4v) is 5.67. The zero-order chi connectivity index (χ0) is 13.2. The maximum absolute atomic E-state index is 12.6. The van der Waals surface area contributed by atoms with Crippen molar-refractivity contribution in [1.82, 2.24) is 4.31 Å². The first-order valence-electron chi connectivity index (χ1n) is 7.30. The Balaban J connectivity index is 2.11. The molecule has 0 radical (unpaired) electrons. The Morgan fingerprint density at radius 2 is 1.89 bits per heavy atom. The van der Waals surface area contributed by atoms with Crippen LogP contribution in [0.15, 0.2) is 0 Å². The molecule has 2 rings (SSSR count). The Morgan fingerprint density at radius 3 is 2.44 bits per heavy atom. The van der Waals surface area contributed by atoms with Gasteiger partial charge in [0.25, 0.3) is 0 Å². The second-order valence-electron chi connectivity index (χ2n) is 5.75. The smallest absolute Gasteiger partial charge is 0.217 e. The molecule has 0 spiro atoms. The van der Waals surface area contributed by atoms with Crippen LogP contribution < -0.4 is 5.73 Å². The van der Waals surface area contributed by atoms with Crippen molar-refractivity contribution in [3.05, 3.63) is 0 Å². The molecule has 18 heavy (non-hydrogen) atoms. The Labute approximate surface area is 111 Å². The molecule has 0 aromatic carbocycles. The first-order valence-corrected chi connectivity index (χ1v) is 8.80. The summed E-state index contributed by atoms with van der Waals surface area (Å²) < 4.78 is 27.0. The monoisotopic (exact) mass is 274 g/mol. The van der Waals surface area contributed by atoms with Gasteiger partial charge >= 0.3 is 0 Å². The fourth-order valence-electron chi connectivity index (χ4n) is 3.41. The third-order valence-corrected chi connectivity index (χ3v) is 7.12. The van der Waals surface area contributed by atoms with Crippen molar-refractivity contribution in [3.8, 4) is 0 Å². The number of hydrogen-bond donors (Lipinski definition) is 1. The molecule has 1 heterocycles. The predicted molar refractivity (Wildman–Crippen MR) is 73.7 cm³/mol. The molecule has 0 aromatic rings. The summed E-state index contributed by atoms with van der Waals surface area (Å²) in [6, 6.07) is 0.0364. The number of sulfonamides is 1. The lowest BCUT2D eigenvalue weighted by Crippen LogP contribution is -2.51. The molecular weight excluding hydrogens is 248 g/mol. The van der Waals surface area contributed by atoms with Gasteiger partial charge in [-0.25, -0.2) is 8.42 Å². The van der Waals surface area contributed by atoms with Gasteiger partial charge in [0.05, 0.1) is 5.25 Å². The minimum Gasteiger partial charge on any atom is -0.329 e. The number of hydrogen-bond acceptors (Lipinski definition) is 3. The van der Waals surface area contributed by atoms with E-state index >= 15 is 0 Å². The maximum Gasteiger partial charge on any atom is 0.217 e. The second-order valence-corrected chi connectivity index (χ2v) is 7.92. The van der Waals surface area contributed by atoms with Crippen molar-refractivity contribution in [2.24, 2.45) is 11.7 Å². The lowest BCUT2D eigenvalue weighted by molar-refractivity contribution is 0.196. The highest BCUT2D eigenvalue weighted by Gasteiger charge is 2.40. The van der Waals surface area contributed by atoms with Crippen LogP contribution in [-0.2, 0) is 10.0 Å². The molecule has 2 atom stereocenters. The fraction of sp³-hybridized carbons (Fsp3) is 1.00. The van der Waals surface area contributed by atoms with Crippen LogP contribution in [0.1, 0.15) is 51.9 Å². The zero-order valence-corrected chi connectivity index (χ0v) is 12.2. The van der Waals surface area contributed by atoms with Crippen molar-refractivity contribution in [2.75, 3.05) is 13.1 Å². The normalized spacial score (nSPS) is 31.9. The van der Waals surface area contributed by atoms with Gasteiger partial charge in [0.2, 0.25) is 10.0 Å². The highest BCUT2D eigenvalue weighted by molar-refractivity contribution is 7.89. The Hall–Kier alpha value is -0.130. The van der Waals surface area contributed by atoms with Crippen LogP contribution in [-0.4, -0.2) is 37.1 Å². The van der Waals surface area contributed by atoms with Crippen molar-refractivity contribution < 1.29 is 8.42 Å². The average molecular weight is 274 g/mol. The Bertz CT molecular complexity index is 363. The van der Waals surface area contributed by atoms with E-state index in [0.717, 1.165) is 44.9 Å². The number of nitrogens with two attached hydrogens (primary N) is 1. The molecule has 1 aliphatic carbocycles. The van der Waals surface area contributed by atoms with E-state index in [2.05, 4.69) is 6.92 Å². The quantitative estimate of drug-likeness (QED) is 0.849. The molecule has 5 heteroatoms. The van der Waals surface area contributed by atoms with E-state index < -0.39 is 10.0 Å². The van der Waals surface area contributed by atoms with Gasteiger partial charge in [-0.15, -0.1) is 0 Å². The van der Waals surface area contributed by atoms with Gasteiger partial charge in [-0.1, -0.05) is 26.2 Å². The lowest BCUT2D eigenvalue weighted by atomic mass is 9.90. The third-order valence-electron chi connectivity index (χ3n) is 4.67. The largest absolute Gasteiger partial charge is 0.329 e. The van der Waals surface area contributed by atoms with Gasteiger partial charge in [-0.05, 0) is 31.6 Å². The van der Waals surface area contributed by atoms with Gasteiger partial charge in [0, 0.05) is 19.1 Å². The summed E-state index contributed by atoms with van der Waals surface area (Å²) in [5.41, 5.74) is 5.80. The third kappa shape index (κ3) is 2.73. The number of rotatable bonds is 4. The summed E-state index contributed by atoms with van der Waals surface area (Å²) in [7, 11) is -3.10. The molecule has 0 bridgehead atoms. The van der Waals surface area contributed by atoms with E-state index in [0.29, 0.717) is 19.0 Å². The van der Waals surface area contributed by atoms with Crippen molar-refractivity contribution in [2.45, 2.75) is 63.2 Å². The van der Waals surface area contributed by atoms with Gasteiger partial charge < -0.3 is 5.73 Å². The molecule has 0 amide bonds. The highest BCUT2D eigenvalue weighted by Crippen LogP contribution is 2.33. The van der Waals surface area contributed by atoms with Crippen LogP contribution in [0.2, 0.25) is 0 Å². The summed E-state index contributed by atoms with van der Waals surface area (Å²) in [4.78, 5) is 0. The van der Waals surface area contributed by atoms with E-state index in [-0.39, 0.29) is 11.3 Å². The standard InChI is InChI=1S/C13H26N2O2S/c1-2-11-7-8-15(12(9-11)10-14)18(16,17)13-5-3-4-6-13/h11-13H,2-10,14H2,1H3. The van der Waals surface area contributed by atoms with Crippen LogP contribution in [0, 0.1) is 5.92 Å². The Kier molecular flexibility index (Phi) is 4.67. The van der Waals surface area contributed by atoms with Crippen molar-refractivity contribution in [3.63, 3.8) is 0 Å². The minimum atomic E-state index is -3.10. The molecule has 4 nitrogen and oxygen atoms in total. The molecule has 1 aliphatic heterocycles. The molecule has 2 unspecified atom stereocenters. The summed E-state index contributed by atoms with van der Waals surface area (Å²) in [5, 5.41) is -0.135. The van der Waals surface area contributed by atoms with Crippen molar-refractivity contribution in [1.29, 1.82) is 0 Å². The Morgan fingerprint density at radius 1 is 1.22 bits per heavy atom. The summed E-state index contributed by atoms with van der Waals surface area (Å²) >= 11 is 0. The van der Waals surface area contributed by atoms with Gasteiger partial charge in [0.1, 0.15) is 0 Å². The highest BCUT2D eigenvalue weighted by atomic mass is 32.2. The molecular formula is C13H26N2O2S. The second kappa shape index (κ2) is 5.88. The van der Waals surface area contributed by atoms with Crippen LogP contribution in [0.4, 0.5) is 0 Å². The maximum atomic E-state index is 12.6. The number of nitrogens with zero attached hydrogens (tertiary/aromatic N) is 1. The zero-order valence-electron chi connectivity index (χ0n) is 11.3. The van der Waals surface area contributed by atoms with Gasteiger partial charge in [0.15, 0.2) is 0 Å². The first-order chi connectivity index (χ1) is 8.59. The van der Waals surface area contributed by atoms with E-state index in [4.69, 9.17) is 5.73 Å². The molecule has 1 saturated carbocycles. The molecule has 1 saturated heterocycles. The van der Waals surface area contributed by atoms with Crippen molar-refractivity contribution >= 4 is 10.0 Å². The molecule has 0 aromatic heterocycles. The van der Waals surface area contributed by atoms with Crippen LogP contribution in [0.3, 0.4) is 0 Å².